The standard InChI is InChI=1S/C19H27NO2/c1-4-18(22-17-11-10-14(2)15(3)12-17)19(21)20-13-16-8-6-5-7-9-16/h8,10-12,18H,4-7,9,13H2,1-3H3,(H,20,21)/t18-/m0/s1. The van der Waals surface area contributed by atoms with Gasteiger partial charge in [0, 0.05) is 6.54 Å². The number of allylic oxidation sites excluding steroid dienone is 1. The smallest absolute Gasteiger partial charge is 0.261 e. The summed E-state index contributed by atoms with van der Waals surface area (Å²) in [5.41, 5.74) is 3.76. The average molecular weight is 301 g/mol. The minimum absolute atomic E-state index is 0.0211. The molecule has 1 aromatic carbocycles. The Balaban J connectivity index is 1.90. The average Bonchev–Trinajstić information content (AvgIpc) is 2.54. The minimum Gasteiger partial charge on any atom is -0.481 e. The van der Waals surface area contributed by atoms with Crippen LogP contribution in [0.4, 0.5) is 0 Å². The molecule has 1 aromatic rings. The van der Waals surface area contributed by atoms with Crippen molar-refractivity contribution in [2.24, 2.45) is 0 Å². The summed E-state index contributed by atoms with van der Waals surface area (Å²) >= 11 is 0. The van der Waals surface area contributed by atoms with Gasteiger partial charge in [-0.3, -0.25) is 4.79 Å². The SMILES string of the molecule is CC[C@H](Oc1ccc(C)c(C)c1)C(=O)NCC1=CCCCC1. The van der Waals surface area contributed by atoms with Gasteiger partial charge in [0.25, 0.3) is 5.91 Å². The molecule has 0 saturated heterocycles. The van der Waals surface area contributed by atoms with Gasteiger partial charge in [0.05, 0.1) is 0 Å². The largest absolute Gasteiger partial charge is 0.481 e. The number of amides is 1. The van der Waals surface area contributed by atoms with Crippen molar-refractivity contribution in [1.82, 2.24) is 5.32 Å². The van der Waals surface area contributed by atoms with Gasteiger partial charge in [-0.1, -0.05) is 24.6 Å². The van der Waals surface area contributed by atoms with Crippen molar-refractivity contribution in [1.29, 1.82) is 0 Å². The predicted octanol–water partition coefficient (Wildman–Crippen LogP) is 4.08. The van der Waals surface area contributed by atoms with E-state index in [1.165, 1.54) is 29.5 Å². The Morgan fingerprint density at radius 2 is 2.09 bits per heavy atom. The monoisotopic (exact) mass is 301 g/mol. The number of hydrogen-bond donors (Lipinski definition) is 1. The quantitative estimate of drug-likeness (QED) is 0.804. The fraction of sp³-hybridized carbons (Fsp3) is 0.526. The first-order valence-electron chi connectivity index (χ1n) is 8.29. The van der Waals surface area contributed by atoms with Gasteiger partial charge < -0.3 is 10.1 Å². The maximum Gasteiger partial charge on any atom is 0.261 e. The molecule has 22 heavy (non-hydrogen) atoms. The van der Waals surface area contributed by atoms with Gasteiger partial charge in [-0.05, 0) is 69.2 Å². The molecule has 0 radical (unpaired) electrons. The van der Waals surface area contributed by atoms with Crippen molar-refractivity contribution in [3.63, 3.8) is 0 Å². The second-order valence-corrected chi connectivity index (χ2v) is 6.09. The summed E-state index contributed by atoms with van der Waals surface area (Å²) in [6.45, 7) is 6.76. The highest BCUT2D eigenvalue weighted by atomic mass is 16.5. The number of carbonyl (C=O) groups is 1. The number of ether oxygens (including phenoxy) is 1. The zero-order valence-corrected chi connectivity index (χ0v) is 13.9. The highest BCUT2D eigenvalue weighted by Gasteiger charge is 2.18. The summed E-state index contributed by atoms with van der Waals surface area (Å²) in [5, 5.41) is 3.02. The molecule has 0 spiro atoms. The zero-order valence-electron chi connectivity index (χ0n) is 13.9. The van der Waals surface area contributed by atoms with Crippen LogP contribution in [0.15, 0.2) is 29.8 Å². The van der Waals surface area contributed by atoms with Crippen LogP contribution in [0.1, 0.15) is 50.2 Å². The molecule has 0 unspecified atom stereocenters. The third kappa shape index (κ3) is 4.62. The Kier molecular flexibility index (Phi) is 6.05. The van der Waals surface area contributed by atoms with Crippen molar-refractivity contribution in [2.45, 2.75) is 59.0 Å². The molecule has 2 rings (SSSR count). The number of benzene rings is 1. The minimum atomic E-state index is -0.425. The molecule has 1 N–H and O–H groups in total. The van der Waals surface area contributed by atoms with E-state index in [1.807, 2.05) is 25.1 Å². The molecule has 0 aromatic heterocycles. The molecular formula is C19H27NO2. The first kappa shape index (κ1) is 16.6. The van der Waals surface area contributed by atoms with Crippen molar-refractivity contribution in [2.75, 3.05) is 6.54 Å². The van der Waals surface area contributed by atoms with Crippen molar-refractivity contribution < 1.29 is 9.53 Å². The fourth-order valence-corrected chi connectivity index (χ4v) is 2.65. The molecule has 1 amide bonds. The summed E-state index contributed by atoms with van der Waals surface area (Å²) in [4.78, 5) is 12.3. The molecule has 120 valence electrons. The van der Waals surface area contributed by atoms with E-state index in [1.54, 1.807) is 0 Å². The van der Waals surface area contributed by atoms with Gasteiger partial charge in [0.15, 0.2) is 6.10 Å². The molecule has 1 aliphatic rings. The van der Waals surface area contributed by atoms with E-state index in [0.29, 0.717) is 13.0 Å². The first-order valence-corrected chi connectivity index (χ1v) is 8.29. The lowest BCUT2D eigenvalue weighted by molar-refractivity contribution is -0.127. The fourth-order valence-electron chi connectivity index (χ4n) is 2.65. The summed E-state index contributed by atoms with van der Waals surface area (Å²) in [5.74, 6) is 0.745. The lowest BCUT2D eigenvalue weighted by atomic mass is 9.99. The van der Waals surface area contributed by atoms with Gasteiger partial charge in [-0.2, -0.15) is 0 Å². The lowest BCUT2D eigenvalue weighted by Gasteiger charge is -2.19. The van der Waals surface area contributed by atoms with Crippen LogP contribution in [0.2, 0.25) is 0 Å². The molecule has 3 nitrogen and oxygen atoms in total. The summed E-state index contributed by atoms with van der Waals surface area (Å²) in [6.07, 6.45) is 7.25. The van der Waals surface area contributed by atoms with Crippen LogP contribution in [-0.2, 0) is 4.79 Å². The van der Waals surface area contributed by atoms with Gasteiger partial charge >= 0.3 is 0 Å². The van der Waals surface area contributed by atoms with Crippen LogP contribution >= 0.6 is 0 Å². The van der Waals surface area contributed by atoms with Crippen LogP contribution in [0.5, 0.6) is 5.75 Å². The number of hydrogen-bond acceptors (Lipinski definition) is 2. The molecule has 3 heteroatoms. The van der Waals surface area contributed by atoms with E-state index in [9.17, 15) is 4.79 Å². The van der Waals surface area contributed by atoms with Gasteiger partial charge in [0.1, 0.15) is 5.75 Å². The number of carbonyl (C=O) groups excluding carboxylic acids is 1. The third-order valence-corrected chi connectivity index (χ3v) is 4.29. The van der Waals surface area contributed by atoms with E-state index < -0.39 is 6.10 Å². The Morgan fingerprint density at radius 1 is 1.27 bits per heavy atom. The maximum atomic E-state index is 12.3. The van der Waals surface area contributed by atoms with Crippen LogP contribution in [0.25, 0.3) is 0 Å². The molecule has 0 bridgehead atoms. The van der Waals surface area contributed by atoms with Gasteiger partial charge in [-0.25, -0.2) is 0 Å². The highest BCUT2D eigenvalue weighted by molar-refractivity contribution is 5.81. The molecule has 0 fully saturated rings. The van der Waals surface area contributed by atoms with Crippen LogP contribution in [0.3, 0.4) is 0 Å². The third-order valence-electron chi connectivity index (χ3n) is 4.29. The second-order valence-electron chi connectivity index (χ2n) is 6.09. The van der Waals surface area contributed by atoms with Crippen molar-refractivity contribution in [3.05, 3.63) is 41.0 Å². The number of nitrogens with one attached hydrogen (secondary N) is 1. The lowest BCUT2D eigenvalue weighted by Crippen LogP contribution is -2.39. The predicted molar refractivity (Wildman–Crippen MR) is 90.2 cm³/mol. The van der Waals surface area contributed by atoms with E-state index in [2.05, 4.69) is 25.2 Å². The molecule has 0 saturated carbocycles. The first-order chi connectivity index (χ1) is 10.6. The van der Waals surface area contributed by atoms with E-state index in [0.717, 1.165) is 18.6 Å². The number of rotatable bonds is 6. The number of aryl methyl sites for hydroxylation is 2. The van der Waals surface area contributed by atoms with Crippen LogP contribution in [0, 0.1) is 13.8 Å². The van der Waals surface area contributed by atoms with E-state index in [-0.39, 0.29) is 5.91 Å². The highest BCUT2D eigenvalue weighted by Crippen LogP contribution is 2.19. The van der Waals surface area contributed by atoms with Gasteiger partial charge in [0.2, 0.25) is 0 Å². The van der Waals surface area contributed by atoms with Gasteiger partial charge in [-0.15, -0.1) is 0 Å². The topological polar surface area (TPSA) is 38.3 Å². The van der Waals surface area contributed by atoms with Crippen LogP contribution < -0.4 is 10.1 Å². The Labute approximate surface area is 133 Å². The van der Waals surface area contributed by atoms with Crippen LogP contribution in [-0.4, -0.2) is 18.6 Å². The summed E-state index contributed by atoms with van der Waals surface area (Å²) in [7, 11) is 0. The van der Waals surface area contributed by atoms with Crippen molar-refractivity contribution in [3.8, 4) is 5.75 Å². The van der Waals surface area contributed by atoms with Crippen molar-refractivity contribution >= 4 is 5.91 Å². The Hall–Kier alpha value is -1.77. The molecule has 1 aliphatic carbocycles. The molecule has 1 atom stereocenters. The Bertz CT molecular complexity index is 548. The molecule has 0 aliphatic heterocycles. The van der Waals surface area contributed by atoms with E-state index >= 15 is 0 Å². The molecule has 0 heterocycles. The zero-order chi connectivity index (χ0) is 15.9. The maximum absolute atomic E-state index is 12.3. The van der Waals surface area contributed by atoms with E-state index in [4.69, 9.17) is 4.74 Å². The molecular weight excluding hydrogens is 274 g/mol. The second kappa shape index (κ2) is 8.02. The normalized spacial score (nSPS) is 15.9. The summed E-state index contributed by atoms with van der Waals surface area (Å²) in [6, 6.07) is 5.96. The Morgan fingerprint density at radius 3 is 2.73 bits per heavy atom. The summed E-state index contributed by atoms with van der Waals surface area (Å²) < 4.78 is 5.87.